The lowest BCUT2D eigenvalue weighted by Gasteiger charge is -2.19. The maximum atomic E-state index is 15.1. The number of benzene rings is 2. The van der Waals surface area contributed by atoms with E-state index in [0.29, 0.717) is 33.9 Å². The molecule has 11 heteroatoms. The van der Waals surface area contributed by atoms with E-state index >= 15 is 4.39 Å². The number of hydrogen-bond acceptors (Lipinski definition) is 8. The van der Waals surface area contributed by atoms with Gasteiger partial charge in [-0.15, -0.1) is 5.10 Å². The highest BCUT2D eigenvalue weighted by Gasteiger charge is 2.16. The smallest absolute Gasteiger partial charge is 0.238 e. The predicted molar refractivity (Wildman–Crippen MR) is 142 cm³/mol. The first-order valence-corrected chi connectivity index (χ1v) is 12.4. The van der Waals surface area contributed by atoms with E-state index in [9.17, 15) is 4.39 Å². The van der Waals surface area contributed by atoms with Crippen LogP contribution in [0.3, 0.4) is 0 Å². The third-order valence-electron chi connectivity index (χ3n) is 6.08. The Kier molecular flexibility index (Phi) is 7.48. The summed E-state index contributed by atoms with van der Waals surface area (Å²) in [6.45, 7) is 4.12. The van der Waals surface area contributed by atoms with Crippen molar-refractivity contribution in [3.05, 3.63) is 79.0 Å². The van der Waals surface area contributed by atoms with Gasteiger partial charge in [-0.2, -0.15) is 4.39 Å². The van der Waals surface area contributed by atoms with Gasteiger partial charge in [0.1, 0.15) is 23.7 Å². The quantitative estimate of drug-likeness (QED) is 0.201. The van der Waals surface area contributed by atoms with Crippen LogP contribution in [0.5, 0.6) is 23.1 Å². The highest BCUT2D eigenvalue weighted by atomic mass is 19.1. The molecule has 0 radical (unpaired) electrons. The van der Waals surface area contributed by atoms with E-state index in [0.717, 1.165) is 12.8 Å². The normalized spacial score (nSPS) is 11.1. The number of halogens is 2. The highest BCUT2D eigenvalue weighted by Crippen LogP contribution is 2.36. The van der Waals surface area contributed by atoms with Crippen LogP contribution in [-0.4, -0.2) is 37.9 Å². The van der Waals surface area contributed by atoms with Crippen molar-refractivity contribution in [1.82, 2.24) is 24.7 Å². The average molecular weight is 533 g/mol. The zero-order valence-electron chi connectivity index (χ0n) is 21.6. The van der Waals surface area contributed by atoms with Crippen molar-refractivity contribution in [3.63, 3.8) is 0 Å². The maximum Gasteiger partial charge on any atom is 0.238 e. The largest absolute Gasteiger partial charge is 0.493 e. The highest BCUT2D eigenvalue weighted by molar-refractivity contribution is 5.93. The number of anilines is 2. The van der Waals surface area contributed by atoms with E-state index < -0.39 is 11.8 Å². The number of pyridine rings is 1. The number of methoxy groups -OCH3 is 1. The molecule has 5 rings (SSSR count). The third kappa shape index (κ3) is 5.71. The molecule has 200 valence electrons. The summed E-state index contributed by atoms with van der Waals surface area (Å²) in [7, 11) is 1.57. The lowest BCUT2D eigenvalue weighted by atomic mass is 10.1. The minimum absolute atomic E-state index is 0.0288. The molecule has 5 aromatic rings. The van der Waals surface area contributed by atoms with Crippen molar-refractivity contribution in [1.29, 1.82) is 0 Å². The Balaban J connectivity index is 1.37. The van der Waals surface area contributed by atoms with Crippen LogP contribution in [-0.2, 0) is 0 Å². The van der Waals surface area contributed by atoms with E-state index in [2.05, 4.69) is 39.2 Å². The monoisotopic (exact) mass is 532 g/mol. The summed E-state index contributed by atoms with van der Waals surface area (Å²) in [5.74, 6) is 0.886. The van der Waals surface area contributed by atoms with Crippen LogP contribution >= 0.6 is 0 Å². The van der Waals surface area contributed by atoms with Gasteiger partial charge in [0.25, 0.3) is 0 Å². The summed E-state index contributed by atoms with van der Waals surface area (Å²) >= 11 is 0. The molecule has 0 fully saturated rings. The number of nitrogens with zero attached hydrogens (tertiary/aromatic N) is 5. The fraction of sp³-hybridized carbons (Fsp3) is 0.214. The molecule has 0 saturated heterocycles. The molecule has 0 aliphatic carbocycles. The van der Waals surface area contributed by atoms with Gasteiger partial charge in [-0.1, -0.05) is 13.8 Å². The summed E-state index contributed by atoms with van der Waals surface area (Å²) in [4.78, 5) is 12.3. The maximum absolute atomic E-state index is 15.1. The van der Waals surface area contributed by atoms with Crippen molar-refractivity contribution in [3.8, 4) is 28.8 Å². The average Bonchev–Trinajstić information content (AvgIpc) is 3.41. The zero-order chi connectivity index (χ0) is 27.4. The van der Waals surface area contributed by atoms with Gasteiger partial charge in [-0.3, -0.25) is 0 Å². The molecule has 0 saturated carbocycles. The number of aromatic nitrogens is 5. The van der Waals surface area contributed by atoms with Crippen LogP contribution in [0.1, 0.15) is 26.7 Å². The zero-order valence-corrected chi connectivity index (χ0v) is 21.6. The Morgan fingerprint density at radius 1 is 0.949 bits per heavy atom. The second-order valence-electron chi connectivity index (χ2n) is 8.61. The molecule has 0 bridgehead atoms. The third-order valence-corrected chi connectivity index (χ3v) is 6.08. The van der Waals surface area contributed by atoms with E-state index in [1.807, 2.05) is 0 Å². The van der Waals surface area contributed by atoms with Crippen LogP contribution in [0, 0.1) is 11.8 Å². The summed E-state index contributed by atoms with van der Waals surface area (Å²) in [5, 5.41) is 7.97. The van der Waals surface area contributed by atoms with Crippen molar-refractivity contribution in [2.75, 3.05) is 12.4 Å². The molecule has 0 atom stereocenters. The van der Waals surface area contributed by atoms with Gasteiger partial charge < -0.3 is 19.5 Å². The number of hydrogen-bond donors (Lipinski definition) is 1. The molecule has 0 amide bonds. The Hall–Kier alpha value is -4.80. The van der Waals surface area contributed by atoms with E-state index in [4.69, 9.17) is 14.2 Å². The van der Waals surface area contributed by atoms with Crippen molar-refractivity contribution < 1.29 is 23.0 Å². The lowest BCUT2D eigenvalue weighted by molar-refractivity contribution is 0.185. The molecule has 1 N–H and O–H groups in total. The first-order valence-electron chi connectivity index (χ1n) is 12.4. The Morgan fingerprint density at radius 2 is 1.79 bits per heavy atom. The Morgan fingerprint density at radius 3 is 2.51 bits per heavy atom. The van der Waals surface area contributed by atoms with Gasteiger partial charge in [-0.05, 0) is 43.2 Å². The van der Waals surface area contributed by atoms with Crippen molar-refractivity contribution >= 4 is 22.4 Å². The van der Waals surface area contributed by atoms with E-state index in [1.54, 1.807) is 43.6 Å². The Labute approximate surface area is 223 Å². The van der Waals surface area contributed by atoms with Crippen LogP contribution in [0.2, 0.25) is 0 Å². The first kappa shape index (κ1) is 25.8. The second-order valence-corrected chi connectivity index (χ2v) is 8.61. The molecule has 0 aliphatic heterocycles. The fourth-order valence-corrected chi connectivity index (χ4v) is 3.97. The molecule has 2 aromatic carbocycles. The van der Waals surface area contributed by atoms with Gasteiger partial charge in [0, 0.05) is 29.8 Å². The first-order chi connectivity index (χ1) is 19.0. The van der Waals surface area contributed by atoms with Crippen molar-refractivity contribution in [2.45, 2.75) is 32.8 Å². The van der Waals surface area contributed by atoms with Gasteiger partial charge >= 0.3 is 0 Å². The number of rotatable bonds is 10. The molecule has 0 spiro atoms. The van der Waals surface area contributed by atoms with Gasteiger partial charge in [-0.25, -0.2) is 24.0 Å². The summed E-state index contributed by atoms with van der Waals surface area (Å²) in [5.41, 5.74) is 1.37. The molecule has 3 aromatic heterocycles. The number of ether oxygens (including phenoxy) is 3. The van der Waals surface area contributed by atoms with E-state index in [1.165, 1.54) is 35.4 Å². The van der Waals surface area contributed by atoms with Crippen LogP contribution in [0.15, 0.2) is 67.3 Å². The minimum Gasteiger partial charge on any atom is -0.493 e. The molecule has 9 nitrogen and oxygen atoms in total. The van der Waals surface area contributed by atoms with Crippen LogP contribution in [0.25, 0.3) is 16.6 Å². The number of fused-ring (bicyclic) bond motifs is 1. The van der Waals surface area contributed by atoms with Gasteiger partial charge in [0.2, 0.25) is 11.8 Å². The Bertz CT molecular complexity index is 1590. The lowest BCUT2D eigenvalue weighted by Crippen LogP contribution is -2.14. The van der Waals surface area contributed by atoms with Crippen LogP contribution in [0.4, 0.5) is 20.3 Å². The van der Waals surface area contributed by atoms with Gasteiger partial charge in [0.15, 0.2) is 11.5 Å². The molecule has 0 aliphatic rings. The molecule has 39 heavy (non-hydrogen) atoms. The van der Waals surface area contributed by atoms with Crippen LogP contribution < -0.4 is 19.5 Å². The van der Waals surface area contributed by atoms with E-state index in [-0.39, 0.29) is 23.4 Å². The second kappa shape index (κ2) is 11.3. The summed E-state index contributed by atoms with van der Waals surface area (Å²) in [6, 6.07) is 12.4. The summed E-state index contributed by atoms with van der Waals surface area (Å²) in [6.07, 6.45) is 6.09. The number of nitrogens with one attached hydrogen (secondary N) is 1. The summed E-state index contributed by atoms with van der Waals surface area (Å²) < 4.78 is 47.0. The predicted octanol–water partition coefficient (Wildman–Crippen LogP) is 6.60. The van der Waals surface area contributed by atoms with Gasteiger partial charge in [0.05, 0.1) is 36.3 Å². The fourth-order valence-electron chi connectivity index (χ4n) is 3.97. The molecular weight excluding hydrogens is 506 g/mol. The molecular formula is C28H26F2N6O3. The molecule has 0 unspecified atom stereocenters. The minimum atomic E-state index is -0.586. The van der Waals surface area contributed by atoms with Crippen molar-refractivity contribution in [2.24, 2.45) is 0 Å². The topological polar surface area (TPSA) is 96.2 Å². The standard InChI is InChI=1S/C28H26F2N6O3/c1-4-18(5-2)38-25-13-20-23(14-24(25)37-3)32-16-33-28(20)34-22-8-7-19(12-21(22)29)39-27-10-11-36(35-27)17-6-9-26(30)31-15-17/h6-16,18H,4-5H2,1-3H3,(H,32,33,34). The SMILES string of the molecule is CCC(CC)Oc1cc2c(Nc3ccc(Oc4ccn(-c5ccc(F)nc5)n4)cc3F)ncnc2cc1OC. The molecule has 3 heterocycles.